The first-order valence-electron chi connectivity index (χ1n) is 11.1. The summed E-state index contributed by atoms with van der Waals surface area (Å²) < 4.78 is 34.5. The summed E-state index contributed by atoms with van der Waals surface area (Å²) in [6, 6.07) is 17.6. The first-order valence-corrected chi connectivity index (χ1v) is 12.6. The highest BCUT2D eigenvalue weighted by Gasteiger charge is 2.21. The minimum absolute atomic E-state index is 0.0219. The monoisotopic (exact) mass is 497 g/mol. The van der Waals surface area contributed by atoms with Gasteiger partial charge in [-0.1, -0.05) is 30.3 Å². The molecule has 0 aliphatic rings. The molecule has 0 aliphatic heterocycles. The molecule has 4 rings (SSSR count). The standard InChI is InChI=1S/C25H27N3O6S/c1-4-27-22-12-11-21(35(32,33)26(2)3)14-23(22)28(25(31)24(27)30)15-19(29)16-34-20-10-9-17-7-5-6-8-18(17)13-20/h5-14,19,29H,4,15-16H2,1-3H3. The molecular formula is C25H27N3O6S. The molecule has 0 bridgehead atoms. The largest absolute Gasteiger partial charge is 0.491 e. The van der Waals surface area contributed by atoms with Crippen LogP contribution in [0.15, 0.2) is 75.1 Å². The fourth-order valence-electron chi connectivity index (χ4n) is 3.98. The molecule has 0 aliphatic carbocycles. The van der Waals surface area contributed by atoms with Gasteiger partial charge in [0.25, 0.3) is 0 Å². The minimum atomic E-state index is -3.78. The van der Waals surface area contributed by atoms with E-state index in [9.17, 15) is 23.1 Å². The van der Waals surface area contributed by atoms with Crippen molar-refractivity contribution >= 4 is 31.8 Å². The van der Waals surface area contributed by atoms with Crippen molar-refractivity contribution in [1.29, 1.82) is 0 Å². The zero-order valence-corrected chi connectivity index (χ0v) is 20.5. The van der Waals surface area contributed by atoms with Crippen molar-refractivity contribution in [3.63, 3.8) is 0 Å². The Morgan fingerprint density at radius 2 is 1.60 bits per heavy atom. The van der Waals surface area contributed by atoms with Gasteiger partial charge in [-0.3, -0.25) is 14.2 Å². The van der Waals surface area contributed by atoms with Gasteiger partial charge in [0.05, 0.1) is 22.5 Å². The van der Waals surface area contributed by atoms with E-state index in [-0.39, 0.29) is 30.1 Å². The summed E-state index contributed by atoms with van der Waals surface area (Å²) in [7, 11) is -0.957. The molecule has 1 aromatic heterocycles. The Bertz CT molecular complexity index is 1620. The smallest absolute Gasteiger partial charge is 0.317 e. The van der Waals surface area contributed by atoms with Gasteiger partial charge in [-0.2, -0.15) is 0 Å². The number of hydrogen-bond acceptors (Lipinski definition) is 6. The van der Waals surface area contributed by atoms with Gasteiger partial charge in [0.2, 0.25) is 10.0 Å². The molecule has 1 atom stereocenters. The van der Waals surface area contributed by atoms with Gasteiger partial charge in [0, 0.05) is 20.6 Å². The Morgan fingerprint density at radius 3 is 2.29 bits per heavy atom. The summed E-state index contributed by atoms with van der Waals surface area (Å²) in [5.74, 6) is 0.556. The fraction of sp³-hybridized carbons (Fsp3) is 0.280. The summed E-state index contributed by atoms with van der Waals surface area (Å²) in [6.45, 7) is 1.59. The van der Waals surface area contributed by atoms with Gasteiger partial charge in [-0.05, 0) is 48.0 Å². The molecule has 1 heterocycles. The Balaban J connectivity index is 1.69. The predicted octanol–water partition coefficient (Wildman–Crippen LogP) is 2.03. The highest BCUT2D eigenvalue weighted by atomic mass is 32.2. The number of aliphatic hydroxyl groups excluding tert-OH is 1. The van der Waals surface area contributed by atoms with Crippen LogP contribution >= 0.6 is 0 Å². The number of sulfonamides is 1. The van der Waals surface area contributed by atoms with Gasteiger partial charge in [-0.15, -0.1) is 0 Å². The van der Waals surface area contributed by atoms with Crippen LogP contribution in [0.25, 0.3) is 21.8 Å². The van der Waals surface area contributed by atoms with Crippen LogP contribution in [0.2, 0.25) is 0 Å². The SMILES string of the molecule is CCn1c(=O)c(=O)n(CC(O)COc2ccc3ccccc3c2)c2cc(S(=O)(=O)N(C)C)ccc21. The lowest BCUT2D eigenvalue weighted by Gasteiger charge is -2.19. The molecule has 0 saturated carbocycles. The van der Waals surface area contributed by atoms with E-state index in [1.807, 2.05) is 36.4 Å². The Hall–Kier alpha value is -3.47. The normalized spacial score (nSPS) is 12.9. The molecule has 10 heteroatoms. The van der Waals surface area contributed by atoms with E-state index in [0.29, 0.717) is 11.3 Å². The second kappa shape index (κ2) is 9.65. The lowest BCUT2D eigenvalue weighted by Crippen LogP contribution is -2.43. The predicted molar refractivity (Wildman–Crippen MR) is 134 cm³/mol. The van der Waals surface area contributed by atoms with Gasteiger partial charge < -0.3 is 14.4 Å². The second-order valence-corrected chi connectivity index (χ2v) is 10.5. The Kier molecular flexibility index (Phi) is 6.79. The van der Waals surface area contributed by atoms with Crippen LogP contribution in [-0.4, -0.2) is 53.8 Å². The highest BCUT2D eigenvalue weighted by molar-refractivity contribution is 7.89. The molecule has 0 fully saturated rings. The van der Waals surface area contributed by atoms with Crippen molar-refractivity contribution in [3.05, 3.63) is 81.4 Å². The van der Waals surface area contributed by atoms with Gasteiger partial charge in [0.1, 0.15) is 18.5 Å². The van der Waals surface area contributed by atoms with Crippen LogP contribution < -0.4 is 15.9 Å². The average molecular weight is 498 g/mol. The average Bonchev–Trinajstić information content (AvgIpc) is 2.85. The van der Waals surface area contributed by atoms with Crippen LogP contribution in [0.5, 0.6) is 5.75 Å². The minimum Gasteiger partial charge on any atom is -0.491 e. The fourth-order valence-corrected chi connectivity index (χ4v) is 4.90. The molecule has 35 heavy (non-hydrogen) atoms. The molecule has 0 amide bonds. The Morgan fingerprint density at radius 1 is 0.914 bits per heavy atom. The van der Waals surface area contributed by atoms with Crippen molar-refractivity contribution in [2.24, 2.45) is 0 Å². The molecule has 0 radical (unpaired) electrons. The number of benzene rings is 3. The van der Waals surface area contributed by atoms with Crippen LogP contribution in [0.4, 0.5) is 0 Å². The first kappa shape index (κ1) is 24.6. The molecule has 0 spiro atoms. The van der Waals surface area contributed by atoms with Gasteiger partial charge in [0.15, 0.2) is 0 Å². The van der Waals surface area contributed by atoms with Crippen LogP contribution in [0.1, 0.15) is 6.92 Å². The Labute approximate surface area is 202 Å². The third kappa shape index (κ3) is 4.72. The van der Waals surface area contributed by atoms with Gasteiger partial charge >= 0.3 is 11.1 Å². The molecule has 184 valence electrons. The highest BCUT2D eigenvalue weighted by Crippen LogP contribution is 2.22. The zero-order chi connectivity index (χ0) is 25.3. The lowest BCUT2D eigenvalue weighted by atomic mass is 10.1. The van der Waals surface area contributed by atoms with Crippen molar-refractivity contribution in [2.75, 3.05) is 20.7 Å². The van der Waals surface area contributed by atoms with E-state index in [4.69, 9.17) is 4.74 Å². The summed E-state index contributed by atoms with van der Waals surface area (Å²) >= 11 is 0. The van der Waals surface area contributed by atoms with Crippen LogP contribution in [0, 0.1) is 0 Å². The van der Waals surface area contributed by atoms with E-state index in [1.165, 1.54) is 36.9 Å². The maximum absolute atomic E-state index is 12.9. The van der Waals surface area contributed by atoms with Crippen molar-refractivity contribution in [2.45, 2.75) is 31.0 Å². The molecule has 3 aromatic carbocycles. The number of rotatable bonds is 8. The first-order chi connectivity index (χ1) is 16.6. The van der Waals surface area contributed by atoms with E-state index in [0.717, 1.165) is 19.6 Å². The van der Waals surface area contributed by atoms with Crippen LogP contribution in [-0.2, 0) is 23.1 Å². The molecule has 1 N–H and O–H groups in total. The van der Waals surface area contributed by atoms with Crippen LogP contribution in [0.3, 0.4) is 0 Å². The second-order valence-electron chi connectivity index (χ2n) is 8.38. The maximum Gasteiger partial charge on any atom is 0.317 e. The number of hydrogen-bond donors (Lipinski definition) is 1. The van der Waals surface area contributed by atoms with E-state index >= 15 is 0 Å². The zero-order valence-electron chi connectivity index (χ0n) is 19.7. The number of aliphatic hydroxyl groups is 1. The molecule has 9 nitrogen and oxygen atoms in total. The van der Waals surface area contributed by atoms with E-state index in [1.54, 1.807) is 13.0 Å². The van der Waals surface area contributed by atoms with E-state index < -0.39 is 27.2 Å². The summed E-state index contributed by atoms with van der Waals surface area (Å²) in [4.78, 5) is 25.6. The summed E-state index contributed by atoms with van der Waals surface area (Å²) in [5.41, 5.74) is -0.948. The molecule has 4 aromatic rings. The third-order valence-corrected chi connectivity index (χ3v) is 7.66. The maximum atomic E-state index is 12.9. The lowest BCUT2D eigenvalue weighted by molar-refractivity contribution is 0.0926. The van der Waals surface area contributed by atoms with Crippen molar-refractivity contribution < 1.29 is 18.3 Å². The number of aryl methyl sites for hydroxylation is 1. The quantitative estimate of drug-likeness (QED) is 0.373. The van der Waals surface area contributed by atoms with Crippen molar-refractivity contribution in [3.8, 4) is 5.75 Å². The third-order valence-electron chi connectivity index (χ3n) is 5.85. The number of aromatic nitrogens is 2. The molecule has 1 unspecified atom stereocenters. The van der Waals surface area contributed by atoms with E-state index in [2.05, 4.69) is 0 Å². The summed E-state index contributed by atoms with van der Waals surface area (Å²) in [6.07, 6.45) is -1.13. The molecular weight excluding hydrogens is 470 g/mol. The number of ether oxygens (including phenoxy) is 1. The number of nitrogens with zero attached hydrogens (tertiary/aromatic N) is 3. The van der Waals surface area contributed by atoms with Crippen molar-refractivity contribution in [1.82, 2.24) is 13.4 Å². The summed E-state index contributed by atoms with van der Waals surface area (Å²) in [5, 5.41) is 12.7. The topological polar surface area (TPSA) is 111 Å². The van der Waals surface area contributed by atoms with Gasteiger partial charge in [-0.25, -0.2) is 12.7 Å². The number of fused-ring (bicyclic) bond motifs is 2. The molecule has 0 saturated heterocycles.